The fraction of sp³-hybridized carbons (Fsp3) is 0.455. The van der Waals surface area contributed by atoms with E-state index in [2.05, 4.69) is 35.1 Å². The number of nitrogens with one attached hydrogen (secondary N) is 1. The molecule has 1 aliphatic heterocycles. The van der Waals surface area contributed by atoms with Crippen molar-refractivity contribution in [1.82, 2.24) is 5.32 Å². The third-order valence-corrected chi connectivity index (χ3v) is 2.98. The monoisotopic (exact) mass is 273 g/mol. The standard InChI is InChI=1S/C11H13BrFNO/c1-6(2)14-10-5-15-11-4-9(13)8(12)3-7(10)11/h3-4,6,10,14H,5H2,1-2H3. The first-order valence-electron chi connectivity index (χ1n) is 4.95. The summed E-state index contributed by atoms with van der Waals surface area (Å²) in [6.45, 7) is 4.73. The molecule has 0 bridgehead atoms. The predicted molar refractivity (Wildman–Crippen MR) is 60.6 cm³/mol. The highest BCUT2D eigenvalue weighted by atomic mass is 79.9. The molecule has 0 spiro atoms. The van der Waals surface area contributed by atoms with Crippen LogP contribution in [0.5, 0.6) is 5.75 Å². The second-order valence-electron chi connectivity index (χ2n) is 3.99. The van der Waals surface area contributed by atoms with Crippen molar-refractivity contribution in [2.45, 2.75) is 25.9 Å². The number of rotatable bonds is 2. The molecule has 0 amide bonds. The van der Waals surface area contributed by atoms with Gasteiger partial charge in [0, 0.05) is 17.7 Å². The maximum Gasteiger partial charge on any atom is 0.141 e. The summed E-state index contributed by atoms with van der Waals surface area (Å²) in [6, 6.07) is 3.77. The molecule has 0 aliphatic carbocycles. The second kappa shape index (κ2) is 4.10. The van der Waals surface area contributed by atoms with E-state index in [0.717, 1.165) is 5.56 Å². The van der Waals surface area contributed by atoms with E-state index in [0.29, 0.717) is 22.9 Å². The van der Waals surface area contributed by atoms with Crippen molar-refractivity contribution < 1.29 is 9.13 Å². The Morgan fingerprint density at radius 1 is 1.53 bits per heavy atom. The fourth-order valence-corrected chi connectivity index (χ4v) is 2.11. The van der Waals surface area contributed by atoms with Crippen LogP contribution in [0.25, 0.3) is 0 Å². The summed E-state index contributed by atoms with van der Waals surface area (Å²) in [5.41, 5.74) is 1.02. The lowest BCUT2D eigenvalue weighted by atomic mass is 10.1. The Morgan fingerprint density at radius 2 is 2.27 bits per heavy atom. The van der Waals surface area contributed by atoms with Crippen LogP contribution in [0.3, 0.4) is 0 Å². The van der Waals surface area contributed by atoms with Gasteiger partial charge < -0.3 is 10.1 Å². The molecule has 0 aromatic heterocycles. The lowest BCUT2D eigenvalue weighted by molar-refractivity contribution is 0.302. The molecule has 1 N–H and O–H groups in total. The van der Waals surface area contributed by atoms with Gasteiger partial charge in [0.25, 0.3) is 0 Å². The zero-order valence-corrected chi connectivity index (χ0v) is 10.3. The number of ether oxygens (including phenoxy) is 1. The van der Waals surface area contributed by atoms with E-state index < -0.39 is 0 Å². The summed E-state index contributed by atoms with van der Waals surface area (Å²) >= 11 is 3.18. The van der Waals surface area contributed by atoms with Gasteiger partial charge >= 0.3 is 0 Å². The Morgan fingerprint density at radius 3 is 2.93 bits per heavy atom. The molecule has 1 unspecified atom stereocenters. The van der Waals surface area contributed by atoms with Gasteiger partial charge in [0.1, 0.15) is 18.2 Å². The molecule has 82 valence electrons. The Hall–Kier alpha value is -0.610. The van der Waals surface area contributed by atoms with Crippen LogP contribution in [-0.4, -0.2) is 12.6 Å². The van der Waals surface area contributed by atoms with E-state index in [1.807, 2.05) is 0 Å². The minimum absolute atomic E-state index is 0.164. The van der Waals surface area contributed by atoms with Gasteiger partial charge in [0.2, 0.25) is 0 Å². The minimum Gasteiger partial charge on any atom is -0.491 e. The van der Waals surface area contributed by atoms with E-state index >= 15 is 0 Å². The molecule has 1 aliphatic rings. The van der Waals surface area contributed by atoms with Crippen molar-refractivity contribution in [1.29, 1.82) is 0 Å². The zero-order chi connectivity index (χ0) is 11.0. The first-order chi connectivity index (χ1) is 7.08. The van der Waals surface area contributed by atoms with Gasteiger partial charge in [0.15, 0.2) is 0 Å². The maximum atomic E-state index is 13.2. The molecule has 0 saturated heterocycles. The number of hydrogen-bond donors (Lipinski definition) is 1. The van der Waals surface area contributed by atoms with Crippen LogP contribution in [0.1, 0.15) is 25.5 Å². The number of halogens is 2. The van der Waals surface area contributed by atoms with Crippen LogP contribution in [0.2, 0.25) is 0 Å². The van der Waals surface area contributed by atoms with Gasteiger partial charge in [-0.15, -0.1) is 0 Å². The fourth-order valence-electron chi connectivity index (χ4n) is 1.74. The van der Waals surface area contributed by atoms with Crippen molar-refractivity contribution in [3.05, 3.63) is 28.0 Å². The molecule has 1 atom stereocenters. The third kappa shape index (κ3) is 2.16. The van der Waals surface area contributed by atoms with Gasteiger partial charge in [-0.25, -0.2) is 4.39 Å². The predicted octanol–water partition coefficient (Wildman–Crippen LogP) is 3.02. The molecule has 1 aromatic rings. The van der Waals surface area contributed by atoms with E-state index in [-0.39, 0.29) is 11.9 Å². The van der Waals surface area contributed by atoms with Gasteiger partial charge in [-0.3, -0.25) is 0 Å². The first-order valence-corrected chi connectivity index (χ1v) is 5.75. The summed E-state index contributed by atoms with van der Waals surface area (Å²) in [6.07, 6.45) is 0. The average Bonchev–Trinajstić information content (AvgIpc) is 2.49. The van der Waals surface area contributed by atoms with Crippen molar-refractivity contribution in [2.75, 3.05) is 6.61 Å². The number of benzene rings is 1. The normalized spacial score (nSPS) is 19.1. The van der Waals surface area contributed by atoms with Gasteiger partial charge in [-0.05, 0) is 22.0 Å². The van der Waals surface area contributed by atoms with E-state index in [9.17, 15) is 4.39 Å². The molecule has 0 fully saturated rings. The van der Waals surface area contributed by atoms with Gasteiger partial charge in [-0.2, -0.15) is 0 Å². The van der Waals surface area contributed by atoms with Crippen LogP contribution in [0.15, 0.2) is 16.6 Å². The van der Waals surface area contributed by atoms with Crippen LogP contribution < -0.4 is 10.1 Å². The molecule has 1 aromatic carbocycles. The highest BCUT2D eigenvalue weighted by molar-refractivity contribution is 9.10. The Kier molecular flexibility index (Phi) is 2.98. The zero-order valence-electron chi connectivity index (χ0n) is 8.68. The van der Waals surface area contributed by atoms with Crippen molar-refractivity contribution in [2.24, 2.45) is 0 Å². The Bertz CT molecular complexity index is 381. The van der Waals surface area contributed by atoms with E-state index in [1.165, 1.54) is 6.07 Å². The average molecular weight is 274 g/mol. The third-order valence-electron chi connectivity index (χ3n) is 2.37. The minimum atomic E-state index is -0.279. The van der Waals surface area contributed by atoms with Gasteiger partial charge in [-0.1, -0.05) is 13.8 Å². The van der Waals surface area contributed by atoms with Crippen molar-refractivity contribution >= 4 is 15.9 Å². The molecule has 4 heteroatoms. The highest BCUT2D eigenvalue weighted by Crippen LogP contribution is 2.36. The van der Waals surface area contributed by atoms with E-state index in [1.54, 1.807) is 6.07 Å². The molecule has 2 nitrogen and oxygen atoms in total. The smallest absolute Gasteiger partial charge is 0.141 e. The molecule has 2 rings (SSSR count). The van der Waals surface area contributed by atoms with Crippen LogP contribution in [-0.2, 0) is 0 Å². The Labute approximate surface area is 96.9 Å². The van der Waals surface area contributed by atoms with Crippen molar-refractivity contribution in [3.8, 4) is 5.75 Å². The Balaban J connectivity index is 2.30. The van der Waals surface area contributed by atoms with Crippen LogP contribution in [0, 0.1) is 5.82 Å². The SMILES string of the molecule is CC(C)NC1COc2cc(F)c(Br)cc21. The summed E-state index contributed by atoms with van der Waals surface area (Å²) < 4.78 is 19.1. The first kappa shape index (κ1) is 10.9. The lowest BCUT2D eigenvalue weighted by Crippen LogP contribution is -2.28. The van der Waals surface area contributed by atoms with E-state index in [4.69, 9.17) is 4.74 Å². The largest absolute Gasteiger partial charge is 0.491 e. The van der Waals surface area contributed by atoms with Crippen molar-refractivity contribution in [3.63, 3.8) is 0 Å². The number of fused-ring (bicyclic) bond motifs is 1. The van der Waals surface area contributed by atoms with Gasteiger partial charge in [0.05, 0.1) is 10.5 Å². The molecule has 1 heterocycles. The topological polar surface area (TPSA) is 21.3 Å². The second-order valence-corrected chi connectivity index (χ2v) is 4.84. The lowest BCUT2D eigenvalue weighted by Gasteiger charge is -2.14. The van der Waals surface area contributed by atoms with Crippen LogP contribution >= 0.6 is 15.9 Å². The molecular formula is C11H13BrFNO. The number of hydrogen-bond acceptors (Lipinski definition) is 2. The summed E-state index contributed by atoms with van der Waals surface area (Å²) in [5, 5.41) is 3.38. The quantitative estimate of drug-likeness (QED) is 0.895. The molecule has 0 radical (unpaired) electrons. The summed E-state index contributed by atoms with van der Waals surface area (Å²) in [4.78, 5) is 0. The maximum absolute atomic E-state index is 13.2. The summed E-state index contributed by atoms with van der Waals surface area (Å²) in [7, 11) is 0. The highest BCUT2D eigenvalue weighted by Gasteiger charge is 2.25. The van der Waals surface area contributed by atoms with Crippen LogP contribution in [0.4, 0.5) is 4.39 Å². The molecule has 0 saturated carbocycles. The molecular weight excluding hydrogens is 261 g/mol. The molecule has 15 heavy (non-hydrogen) atoms. The summed E-state index contributed by atoms with van der Waals surface area (Å²) in [5.74, 6) is 0.368.